The Balaban J connectivity index is 0.000000231. The molecule has 11 aromatic rings. The number of aryl methyl sites for hydroxylation is 4. The van der Waals surface area contributed by atoms with Gasteiger partial charge in [0.2, 0.25) is 0 Å². The first-order valence-electron chi connectivity index (χ1n) is 42.0. The molecule has 0 atom stereocenters. The number of carboxylic acids is 1. The Kier molecular flexibility index (Phi) is 47.4. The second-order valence-electron chi connectivity index (χ2n) is 28.6. The molecule has 0 spiro atoms. The van der Waals surface area contributed by atoms with E-state index in [-0.39, 0.29) is 108 Å². The summed E-state index contributed by atoms with van der Waals surface area (Å²) in [7, 11) is 0. The van der Waals surface area contributed by atoms with Crippen molar-refractivity contribution >= 4 is 134 Å². The van der Waals surface area contributed by atoms with Gasteiger partial charge in [0.25, 0.3) is 29.5 Å². The number of hydrogen-bond acceptors (Lipinski definition) is 25. The predicted molar refractivity (Wildman–Crippen MR) is 517 cm³/mol. The number of guanidine groups is 1. The third-order valence-corrected chi connectivity index (χ3v) is 19.4. The van der Waals surface area contributed by atoms with Crippen molar-refractivity contribution in [2.75, 3.05) is 97.7 Å². The summed E-state index contributed by atoms with van der Waals surface area (Å²) in [4.78, 5) is 116. The van der Waals surface area contributed by atoms with Gasteiger partial charge in [-0.25, -0.2) is 39.3 Å². The molecule has 0 saturated heterocycles. The fraction of sp³-hybridized carbons (Fsp3) is 0.250. The number of halogens is 2. The Morgan fingerprint density at radius 2 is 0.727 bits per heavy atom. The number of carboxylic acid groups (broad SMARTS) is 1. The maximum Gasteiger partial charge on any atom is 0.407 e. The van der Waals surface area contributed by atoms with E-state index in [0.29, 0.717) is 47.7 Å². The quantitative estimate of drug-likeness (QED) is 0.00963. The average molecular weight is 1860 g/mol. The normalized spacial score (nSPS) is 10.6. The highest BCUT2D eigenvalue weighted by Crippen LogP contribution is 2.23. The number of rotatable bonds is 40. The highest BCUT2D eigenvalue weighted by Gasteiger charge is 2.19. The van der Waals surface area contributed by atoms with Crippen LogP contribution in [-0.4, -0.2) is 143 Å². The van der Waals surface area contributed by atoms with Crippen molar-refractivity contribution in [1.29, 1.82) is 0 Å². The third-order valence-electron chi connectivity index (χ3n) is 18.2. The van der Waals surface area contributed by atoms with E-state index >= 15 is 0 Å². The number of hydrogen-bond donors (Lipinski definition) is 13. The van der Waals surface area contributed by atoms with E-state index in [4.69, 9.17) is 91.1 Å². The van der Waals surface area contributed by atoms with Gasteiger partial charge in [0.1, 0.15) is 36.2 Å². The highest BCUT2D eigenvalue weighted by molar-refractivity contribution is 8.13. The SMILES string of the molecule is CSC(C)=NC(=O)c1nc(Cl)c(N)nc1N.NC(=NCCCCc1ccc(OCC(=O)Nc2ccccc2)cc1)NC(=O)c1nc(Cl)c(N)nc1N.NCCCCc1ccc(OCC(=O)Nc2ccccc2)cc1.O=C(COc1ccc(CCCCNC(=O)OCc2ccccc2)cc1)Nc1ccccc1.O=C(O)COc1ccc(CCCCNC(=O)OCc2ccccc2)cc1. The lowest BCUT2D eigenvalue weighted by molar-refractivity contribution is -0.139. The largest absolute Gasteiger partial charge is 0.484 e. The van der Waals surface area contributed by atoms with E-state index in [9.17, 15) is 38.4 Å². The molecule has 9 aromatic carbocycles. The first-order chi connectivity index (χ1) is 63.9. The van der Waals surface area contributed by atoms with E-state index < -0.39 is 30.0 Å². The molecule has 0 saturated carbocycles. The number of benzene rings is 9. The number of ether oxygens (including phenoxy) is 6. The molecule has 0 aliphatic heterocycles. The van der Waals surface area contributed by atoms with Crippen LogP contribution in [0.15, 0.2) is 259 Å². The van der Waals surface area contributed by atoms with Crippen molar-refractivity contribution in [2.24, 2.45) is 21.5 Å². The van der Waals surface area contributed by atoms with E-state index in [1.807, 2.05) is 237 Å². The van der Waals surface area contributed by atoms with Crippen LogP contribution in [0.2, 0.25) is 10.3 Å². The van der Waals surface area contributed by atoms with Crippen molar-refractivity contribution in [3.63, 3.8) is 0 Å². The molecule has 2 aromatic heterocycles. The summed E-state index contributed by atoms with van der Waals surface area (Å²) in [6.07, 6.45) is 11.9. The number of anilines is 7. The number of aliphatic carboxylic acids is 1. The number of carbonyl (C=O) groups is 8. The van der Waals surface area contributed by atoms with Crippen LogP contribution in [-0.2, 0) is 67.5 Å². The van der Waals surface area contributed by atoms with Gasteiger partial charge in [0.15, 0.2) is 77.4 Å². The molecule has 132 heavy (non-hydrogen) atoms. The zero-order chi connectivity index (χ0) is 94.9. The molecule has 2 heterocycles. The topological polar surface area (TPSA) is 517 Å². The number of carbonyl (C=O) groups excluding carboxylic acids is 7. The number of aromatic nitrogens is 4. The van der Waals surface area contributed by atoms with Crippen molar-refractivity contribution in [1.82, 2.24) is 35.9 Å². The van der Waals surface area contributed by atoms with Crippen LogP contribution >= 0.6 is 35.0 Å². The summed E-state index contributed by atoms with van der Waals surface area (Å²) >= 11 is 12.8. The minimum atomic E-state index is -0.996. The standard InChI is InChI=1S/C26H28N2O4.C24H27ClN8O3.C20H23NO5.C18H22N2O2.C8H10ClN5OS/c29-25(28-23-12-5-2-6-13-23)20-31-24-16-14-21(15-17-24)9-7-8-18-27-26(30)32-19-22-10-3-1-4-11-22;25-20-22(27)32-21(26)19(31-20)23(35)33-24(28)29-13-5-4-6-15-9-11-17(12-10-15)36-14-18(34)30-16-7-2-1-3-8-16;22-19(23)15-25-18-11-9-16(10-12-18)6-4-5-13-21-20(24)26-14-17-7-2-1-3-8-17;19-13-5-4-6-15-9-11-17(12-10-15)22-14-18(21)20-16-7-2-1-3-8-16;1-3(16-2)12-8(15)4-6(10)14-7(11)5(9)13-4/h1-6,10-17H,7-9,18-20H2,(H,27,30)(H,28,29);1-3,7-12H,4-6,13-14H2,(H,30,34)(H4,26,27,32)(H3,28,29,33,35);1-3,7-12H,4-6,13-15H2,(H,21,24)(H,22,23);1-3,7-12H,4-6,13-14,19H2,(H,20,21);1-2H3,(H4,10,11,14). The Morgan fingerprint density at radius 3 is 1.08 bits per heavy atom. The molecule has 7 amide bonds. The van der Waals surface area contributed by atoms with E-state index in [1.54, 1.807) is 25.3 Å². The van der Waals surface area contributed by atoms with Crippen LogP contribution in [0.1, 0.15) is 113 Å². The lowest BCUT2D eigenvalue weighted by Crippen LogP contribution is -2.38. The molecule has 0 fully saturated rings. The number of alkyl carbamates (subject to hydrolysis) is 2. The Bertz CT molecular complexity index is 5430. The van der Waals surface area contributed by atoms with Gasteiger partial charge in [-0.3, -0.25) is 34.3 Å². The minimum Gasteiger partial charge on any atom is -0.484 e. The van der Waals surface area contributed by atoms with Gasteiger partial charge >= 0.3 is 18.2 Å². The maximum absolute atomic E-state index is 12.2. The van der Waals surface area contributed by atoms with Gasteiger partial charge in [0, 0.05) is 36.7 Å². The monoisotopic (exact) mass is 1860 g/mol. The number of nitrogens with zero attached hydrogens (tertiary/aromatic N) is 6. The lowest BCUT2D eigenvalue weighted by Gasteiger charge is -2.09. The van der Waals surface area contributed by atoms with Gasteiger partial charge in [-0.15, -0.1) is 11.8 Å². The van der Waals surface area contributed by atoms with E-state index in [2.05, 4.69) is 61.8 Å². The number of nitrogens with one attached hydrogen (secondary N) is 6. The van der Waals surface area contributed by atoms with Crippen LogP contribution < -0.4 is 85.3 Å². The number of nitrogens with two attached hydrogens (primary N) is 6. The smallest absolute Gasteiger partial charge is 0.407 e. The van der Waals surface area contributed by atoms with Gasteiger partial charge in [-0.05, 0) is 215 Å². The number of unbranched alkanes of at least 4 members (excludes halogenated alkanes) is 4. The molecule has 0 radical (unpaired) electrons. The number of thioether (sulfide) groups is 1. The average Bonchev–Trinajstić information content (AvgIpc) is 0.837. The Labute approximate surface area is 780 Å². The summed E-state index contributed by atoms with van der Waals surface area (Å²) in [6.45, 7) is 4.08. The summed E-state index contributed by atoms with van der Waals surface area (Å²) in [5.41, 5.74) is 41.9. The van der Waals surface area contributed by atoms with Crippen LogP contribution in [0, 0.1) is 0 Å². The van der Waals surface area contributed by atoms with Crippen LogP contribution in [0.4, 0.5) is 49.9 Å². The Morgan fingerprint density at radius 1 is 0.402 bits per heavy atom. The fourth-order valence-electron chi connectivity index (χ4n) is 11.4. The number of nitrogen functional groups attached to an aromatic ring is 4. The van der Waals surface area contributed by atoms with Gasteiger partial charge in [-0.2, -0.15) is 0 Å². The van der Waals surface area contributed by atoms with Crippen molar-refractivity contribution in [3.8, 4) is 23.0 Å². The number of para-hydroxylation sites is 3. The van der Waals surface area contributed by atoms with Crippen molar-refractivity contribution in [3.05, 3.63) is 304 Å². The molecule has 0 unspecified atom stereocenters. The second kappa shape index (κ2) is 60.0. The zero-order valence-electron chi connectivity index (χ0n) is 73.2. The summed E-state index contributed by atoms with van der Waals surface area (Å²) in [5.74, 6) is -0.728. The molecular formula is C96H110Cl2N18O15S. The number of amides is 7. The van der Waals surface area contributed by atoms with Crippen LogP contribution in [0.25, 0.3) is 0 Å². The summed E-state index contributed by atoms with van der Waals surface area (Å²) < 4.78 is 32.0. The first-order valence-corrected chi connectivity index (χ1v) is 44.0. The molecule has 0 aliphatic carbocycles. The predicted octanol–water partition coefficient (Wildman–Crippen LogP) is 14.9. The molecule has 33 nitrogen and oxygen atoms in total. The molecule has 11 rings (SSSR count). The summed E-state index contributed by atoms with van der Waals surface area (Å²) in [6, 6.07) is 77.4. The van der Waals surface area contributed by atoms with Crippen molar-refractivity contribution < 1.29 is 71.9 Å². The van der Waals surface area contributed by atoms with Gasteiger partial charge in [0.05, 0.1) is 5.04 Å². The lowest BCUT2D eigenvalue weighted by atomic mass is 10.1. The van der Waals surface area contributed by atoms with E-state index in [1.165, 1.54) is 22.9 Å². The number of aliphatic imine (C=N–C) groups is 2. The zero-order valence-corrected chi connectivity index (χ0v) is 75.5. The molecule has 694 valence electrons. The third kappa shape index (κ3) is 43.3. The second-order valence-corrected chi connectivity index (χ2v) is 30.3. The van der Waals surface area contributed by atoms with Gasteiger partial charge < -0.3 is 94.5 Å². The fourth-order valence-corrected chi connectivity index (χ4v) is 11.8. The molecule has 0 bridgehead atoms. The first kappa shape index (κ1) is 104. The van der Waals surface area contributed by atoms with Gasteiger partial charge in [-0.1, -0.05) is 187 Å². The minimum absolute atomic E-state index is 0.00140. The maximum atomic E-state index is 12.2. The summed E-state index contributed by atoms with van der Waals surface area (Å²) in [5, 5.41) is 25.2. The molecular weight excluding hydrogens is 1750 g/mol. The molecule has 0 aliphatic rings. The van der Waals surface area contributed by atoms with Crippen molar-refractivity contribution in [2.45, 2.75) is 97.2 Å². The van der Waals surface area contributed by atoms with Crippen LogP contribution in [0.3, 0.4) is 0 Å². The highest BCUT2D eigenvalue weighted by atomic mass is 35.5. The van der Waals surface area contributed by atoms with Crippen LogP contribution in [0.5, 0.6) is 23.0 Å². The molecule has 36 heteroatoms. The Hall–Kier alpha value is -14.9. The molecule has 19 N–H and O–H groups in total. The van der Waals surface area contributed by atoms with E-state index in [0.717, 1.165) is 123 Å².